The van der Waals surface area contributed by atoms with Crippen LogP contribution in [0.15, 0.2) is 97.1 Å². The molecule has 34 heavy (non-hydrogen) atoms. The molecular weight excluding hydrogens is 420 g/mol. The average molecular weight is 449 g/mol. The Morgan fingerprint density at radius 1 is 0.853 bits per heavy atom. The SMILES string of the molecule is Cc1ccc(C(=O)c2ccc([C@@H]3C(=O)N(c4ccccc4)C[C@H]3Cc3ccccc3)n2C)cc1. The summed E-state index contributed by atoms with van der Waals surface area (Å²) in [6.07, 6.45) is 0.799. The van der Waals surface area contributed by atoms with Gasteiger partial charge in [-0.25, -0.2) is 0 Å². The van der Waals surface area contributed by atoms with Crippen molar-refractivity contribution >= 4 is 17.4 Å². The highest BCUT2D eigenvalue weighted by Gasteiger charge is 2.43. The quantitative estimate of drug-likeness (QED) is 0.363. The van der Waals surface area contributed by atoms with Crippen molar-refractivity contribution < 1.29 is 9.59 Å². The number of amides is 1. The number of carbonyl (C=O) groups excluding carboxylic acids is 2. The lowest BCUT2D eigenvalue weighted by Crippen LogP contribution is -2.27. The van der Waals surface area contributed by atoms with Crippen molar-refractivity contribution in [2.75, 3.05) is 11.4 Å². The predicted octanol–water partition coefficient (Wildman–Crippen LogP) is 5.55. The molecule has 2 heterocycles. The van der Waals surface area contributed by atoms with E-state index in [9.17, 15) is 9.59 Å². The zero-order chi connectivity index (χ0) is 23.7. The van der Waals surface area contributed by atoms with E-state index in [2.05, 4.69) is 12.1 Å². The lowest BCUT2D eigenvalue weighted by molar-refractivity contribution is -0.118. The summed E-state index contributed by atoms with van der Waals surface area (Å²) in [5, 5.41) is 0. The van der Waals surface area contributed by atoms with Gasteiger partial charge >= 0.3 is 0 Å². The topological polar surface area (TPSA) is 42.3 Å². The van der Waals surface area contributed by atoms with Crippen LogP contribution in [-0.4, -0.2) is 22.8 Å². The van der Waals surface area contributed by atoms with E-state index >= 15 is 0 Å². The second-order valence-corrected chi connectivity index (χ2v) is 9.11. The molecule has 0 bridgehead atoms. The largest absolute Gasteiger partial charge is 0.344 e. The first-order valence-corrected chi connectivity index (χ1v) is 11.7. The Morgan fingerprint density at radius 3 is 2.18 bits per heavy atom. The molecule has 1 aromatic heterocycles. The molecule has 1 fully saturated rings. The van der Waals surface area contributed by atoms with Crippen LogP contribution in [0.5, 0.6) is 0 Å². The first kappa shape index (κ1) is 21.9. The Bertz CT molecular complexity index is 1310. The average Bonchev–Trinajstić information content (AvgIpc) is 3.39. The van der Waals surface area contributed by atoms with E-state index in [0.29, 0.717) is 17.8 Å². The molecule has 0 radical (unpaired) electrons. The van der Waals surface area contributed by atoms with Gasteiger partial charge in [-0.05, 0) is 49.1 Å². The van der Waals surface area contributed by atoms with Crippen LogP contribution in [0.4, 0.5) is 5.69 Å². The molecule has 1 aliphatic rings. The number of rotatable bonds is 6. The summed E-state index contributed by atoms with van der Waals surface area (Å²) < 4.78 is 1.91. The number of anilines is 1. The van der Waals surface area contributed by atoms with Gasteiger partial charge in [-0.1, -0.05) is 78.4 Å². The molecular formula is C30H28N2O2. The van der Waals surface area contributed by atoms with Crippen LogP contribution in [0.25, 0.3) is 0 Å². The van der Waals surface area contributed by atoms with Gasteiger partial charge in [-0.3, -0.25) is 9.59 Å². The Hall–Kier alpha value is -3.92. The van der Waals surface area contributed by atoms with Gasteiger partial charge in [0.1, 0.15) is 0 Å². The van der Waals surface area contributed by atoms with Gasteiger partial charge < -0.3 is 9.47 Å². The van der Waals surface area contributed by atoms with E-state index in [1.807, 2.05) is 108 Å². The van der Waals surface area contributed by atoms with Crippen molar-refractivity contribution in [2.24, 2.45) is 13.0 Å². The van der Waals surface area contributed by atoms with E-state index in [1.165, 1.54) is 5.56 Å². The monoisotopic (exact) mass is 448 g/mol. The number of hydrogen-bond donors (Lipinski definition) is 0. The van der Waals surface area contributed by atoms with Gasteiger partial charge in [-0.2, -0.15) is 0 Å². The number of aromatic nitrogens is 1. The van der Waals surface area contributed by atoms with Crippen LogP contribution >= 0.6 is 0 Å². The molecule has 4 heteroatoms. The highest BCUT2D eigenvalue weighted by Crippen LogP contribution is 2.39. The number of para-hydroxylation sites is 1. The van der Waals surface area contributed by atoms with Crippen LogP contribution in [-0.2, 0) is 18.3 Å². The van der Waals surface area contributed by atoms with Gasteiger partial charge in [0.25, 0.3) is 0 Å². The molecule has 1 amide bonds. The fourth-order valence-corrected chi connectivity index (χ4v) is 5.03. The van der Waals surface area contributed by atoms with Crippen molar-refractivity contribution in [3.8, 4) is 0 Å². The molecule has 3 aromatic carbocycles. The molecule has 1 aliphatic heterocycles. The molecule has 0 spiro atoms. The van der Waals surface area contributed by atoms with Crippen LogP contribution in [0, 0.1) is 12.8 Å². The zero-order valence-electron chi connectivity index (χ0n) is 19.5. The number of ketones is 1. The lowest BCUT2D eigenvalue weighted by atomic mass is 9.87. The maximum atomic E-state index is 13.8. The molecule has 0 aliphatic carbocycles. The van der Waals surface area contributed by atoms with Crippen molar-refractivity contribution in [3.05, 3.63) is 125 Å². The fourth-order valence-electron chi connectivity index (χ4n) is 5.03. The minimum Gasteiger partial charge on any atom is -0.344 e. The summed E-state index contributed by atoms with van der Waals surface area (Å²) in [4.78, 5) is 28.9. The van der Waals surface area contributed by atoms with E-state index < -0.39 is 0 Å². The third-order valence-electron chi connectivity index (χ3n) is 6.85. The molecule has 4 aromatic rings. The van der Waals surface area contributed by atoms with Crippen LogP contribution < -0.4 is 4.90 Å². The summed E-state index contributed by atoms with van der Waals surface area (Å²) in [7, 11) is 1.90. The Labute approximate surface area is 200 Å². The summed E-state index contributed by atoms with van der Waals surface area (Å²) in [5.74, 6) is -0.155. The molecule has 0 unspecified atom stereocenters. The maximum absolute atomic E-state index is 13.8. The van der Waals surface area contributed by atoms with Crippen molar-refractivity contribution in [3.63, 3.8) is 0 Å². The van der Waals surface area contributed by atoms with Gasteiger partial charge in [0.05, 0.1) is 11.6 Å². The van der Waals surface area contributed by atoms with Gasteiger partial charge in [0.2, 0.25) is 11.7 Å². The Balaban J connectivity index is 1.51. The Morgan fingerprint density at radius 2 is 1.50 bits per heavy atom. The summed E-state index contributed by atoms with van der Waals surface area (Å²) in [5.41, 5.74) is 5.39. The molecule has 0 saturated carbocycles. The van der Waals surface area contributed by atoms with E-state index in [1.54, 1.807) is 0 Å². The number of hydrogen-bond acceptors (Lipinski definition) is 2. The first-order chi connectivity index (χ1) is 16.5. The predicted molar refractivity (Wildman–Crippen MR) is 135 cm³/mol. The van der Waals surface area contributed by atoms with Crippen LogP contribution in [0.3, 0.4) is 0 Å². The highest BCUT2D eigenvalue weighted by molar-refractivity contribution is 6.08. The maximum Gasteiger partial charge on any atom is 0.236 e. The van der Waals surface area contributed by atoms with E-state index in [0.717, 1.165) is 23.4 Å². The van der Waals surface area contributed by atoms with Gasteiger partial charge in [0.15, 0.2) is 0 Å². The third-order valence-corrected chi connectivity index (χ3v) is 6.85. The number of nitrogens with zero attached hydrogens (tertiary/aromatic N) is 2. The highest BCUT2D eigenvalue weighted by atomic mass is 16.2. The zero-order valence-corrected chi connectivity index (χ0v) is 19.5. The van der Waals surface area contributed by atoms with Crippen LogP contribution in [0.2, 0.25) is 0 Å². The lowest BCUT2D eigenvalue weighted by Gasteiger charge is -2.18. The number of aryl methyl sites for hydroxylation is 1. The normalized spacial score (nSPS) is 17.8. The van der Waals surface area contributed by atoms with Crippen molar-refractivity contribution in [1.29, 1.82) is 0 Å². The van der Waals surface area contributed by atoms with Gasteiger partial charge in [-0.15, -0.1) is 0 Å². The van der Waals surface area contributed by atoms with E-state index in [4.69, 9.17) is 0 Å². The smallest absolute Gasteiger partial charge is 0.236 e. The Kier molecular flexibility index (Phi) is 5.89. The number of benzene rings is 3. The molecule has 1 saturated heterocycles. The van der Waals surface area contributed by atoms with Crippen molar-refractivity contribution in [1.82, 2.24) is 4.57 Å². The molecule has 5 rings (SSSR count). The fraction of sp³-hybridized carbons (Fsp3) is 0.200. The summed E-state index contributed by atoms with van der Waals surface area (Å²) in [6.45, 7) is 2.65. The van der Waals surface area contributed by atoms with Crippen molar-refractivity contribution in [2.45, 2.75) is 19.3 Å². The minimum absolute atomic E-state index is 0.0290. The second-order valence-electron chi connectivity index (χ2n) is 9.11. The third kappa shape index (κ3) is 4.08. The minimum atomic E-state index is -0.315. The molecule has 2 atom stereocenters. The number of carbonyl (C=O) groups is 2. The molecule has 0 N–H and O–H groups in total. The van der Waals surface area contributed by atoms with Crippen LogP contribution in [0.1, 0.15) is 38.8 Å². The standard InChI is InChI=1S/C30H28N2O2/c1-21-13-15-23(16-14-21)29(33)27-18-17-26(31(27)2)28-24(19-22-9-5-3-6-10-22)20-32(30(28)34)25-11-7-4-8-12-25/h3-18,24,28H,19-20H2,1-2H3/t24-,28-/m1/s1. The van der Waals surface area contributed by atoms with E-state index in [-0.39, 0.29) is 23.5 Å². The summed E-state index contributed by atoms with van der Waals surface area (Å²) in [6, 6.07) is 31.6. The summed E-state index contributed by atoms with van der Waals surface area (Å²) >= 11 is 0. The first-order valence-electron chi connectivity index (χ1n) is 11.7. The molecule has 4 nitrogen and oxygen atoms in total. The van der Waals surface area contributed by atoms with Gasteiger partial charge in [0, 0.05) is 30.5 Å². The molecule has 170 valence electrons. The second kappa shape index (κ2) is 9.14.